The van der Waals surface area contributed by atoms with Gasteiger partial charge in [-0.25, -0.2) is 5.43 Å². The van der Waals surface area contributed by atoms with Gasteiger partial charge in [0, 0.05) is 18.7 Å². The Labute approximate surface area is 149 Å². The van der Waals surface area contributed by atoms with E-state index in [1.165, 1.54) is 0 Å². The number of anilines is 1. The van der Waals surface area contributed by atoms with Crippen LogP contribution in [0.1, 0.15) is 31.7 Å². The molecule has 5 heteroatoms. The predicted molar refractivity (Wildman–Crippen MR) is 99.3 cm³/mol. The molecule has 0 spiro atoms. The highest BCUT2D eigenvalue weighted by molar-refractivity contribution is 5.69. The number of carbonyl (C=O) groups excluding carboxylic acids is 1. The summed E-state index contributed by atoms with van der Waals surface area (Å²) in [6, 6.07) is 18.0. The molecule has 0 aliphatic carbocycles. The summed E-state index contributed by atoms with van der Waals surface area (Å²) >= 11 is 0. The highest BCUT2D eigenvalue weighted by Crippen LogP contribution is 2.13. The molecule has 0 heterocycles. The average Bonchev–Trinajstić information content (AvgIpc) is 2.64. The van der Waals surface area contributed by atoms with E-state index in [-0.39, 0.29) is 5.97 Å². The van der Waals surface area contributed by atoms with Gasteiger partial charge in [0.2, 0.25) is 0 Å². The van der Waals surface area contributed by atoms with Crippen LogP contribution in [0.5, 0.6) is 5.75 Å². The minimum absolute atomic E-state index is 0.136. The lowest BCUT2D eigenvalue weighted by atomic mass is 10.2. The van der Waals surface area contributed by atoms with Gasteiger partial charge in [-0.1, -0.05) is 30.3 Å². The normalized spacial score (nSPS) is 10.3. The van der Waals surface area contributed by atoms with Crippen LogP contribution >= 0.6 is 0 Å². The lowest BCUT2D eigenvalue weighted by Crippen LogP contribution is -2.20. The summed E-state index contributed by atoms with van der Waals surface area (Å²) in [7, 11) is 0. The standard InChI is InChI=1S/C20H26N2O3/c1-2-24-20(23)10-6-7-15-25-19-13-11-17(12-14-19)16-21-22-18-8-4-3-5-9-18/h3-5,8-9,11-14,21-22H,2,6-7,10,15-16H2,1H3. The Morgan fingerprint density at radius 1 is 1.00 bits per heavy atom. The SMILES string of the molecule is CCOC(=O)CCCCOc1ccc(CNNc2ccccc2)cc1. The topological polar surface area (TPSA) is 59.6 Å². The van der Waals surface area contributed by atoms with Gasteiger partial charge in [-0.3, -0.25) is 4.79 Å². The Morgan fingerprint density at radius 2 is 1.76 bits per heavy atom. The number of hydrazine groups is 1. The fraction of sp³-hybridized carbons (Fsp3) is 0.350. The van der Waals surface area contributed by atoms with Gasteiger partial charge in [-0.2, -0.15) is 0 Å². The van der Waals surface area contributed by atoms with E-state index in [0.717, 1.165) is 29.8 Å². The van der Waals surface area contributed by atoms with Crippen molar-refractivity contribution in [2.24, 2.45) is 0 Å². The second-order valence-corrected chi connectivity index (χ2v) is 5.60. The maximum absolute atomic E-state index is 11.2. The Kier molecular flexibility index (Phi) is 8.35. The number of unbranched alkanes of at least 4 members (excludes halogenated alkanes) is 1. The molecule has 134 valence electrons. The van der Waals surface area contributed by atoms with Crippen molar-refractivity contribution in [3.8, 4) is 5.75 Å². The number of carbonyl (C=O) groups is 1. The van der Waals surface area contributed by atoms with Gasteiger partial charge in [0.05, 0.1) is 13.2 Å². The summed E-state index contributed by atoms with van der Waals surface area (Å²) in [6.45, 7) is 3.58. The molecule has 0 saturated heterocycles. The Bertz CT molecular complexity index is 615. The van der Waals surface area contributed by atoms with E-state index in [9.17, 15) is 4.79 Å². The van der Waals surface area contributed by atoms with Crippen LogP contribution in [0, 0.1) is 0 Å². The van der Waals surface area contributed by atoms with Crippen LogP contribution in [0.25, 0.3) is 0 Å². The number of para-hydroxylation sites is 1. The van der Waals surface area contributed by atoms with E-state index in [1.807, 2.05) is 61.5 Å². The molecule has 2 rings (SSSR count). The molecule has 2 aromatic carbocycles. The van der Waals surface area contributed by atoms with Crippen molar-refractivity contribution < 1.29 is 14.3 Å². The lowest BCUT2D eigenvalue weighted by molar-refractivity contribution is -0.143. The van der Waals surface area contributed by atoms with Gasteiger partial charge in [-0.05, 0) is 49.6 Å². The number of ether oxygens (including phenoxy) is 2. The number of nitrogens with one attached hydrogen (secondary N) is 2. The van der Waals surface area contributed by atoms with E-state index in [2.05, 4.69) is 10.9 Å². The van der Waals surface area contributed by atoms with Crippen LogP contribution in [-0.4, -0.2) is 19.2 Å². The molecular weight excluding hydrogens is 316 g/mol. The van der Waals surface area contributed by atoms with Crippen molar-refractivity contribution in [2.45, 2.75) is 32.7 Å². The van der Waals surface area contributed by atoms with Gasteiger partial charge < -0.3 is 14.9 Å². The summed E-state index contributed by atoms with van der Waals surface area (Å²) in [5.41, 5.74) is 8.54. The molecule has 0 atom stereocenters. The van der Waals surface area contributed by atoms with Gasteiger partial charge >= 0.3 is 5.97 Å². The fourth-order valence-corrected chi connectivity index (χ4v) is 2.27. The van der Waals surface area contributed by atoms with Crippen molar-refractivity contribution in [1.29, 1.82) is 0 Å². The number of benzene rings is 2. The summed E-state index contributed by atoms with van der Waals surface area (Å²) in [4.78, 5) is 11.2. The quantitative estimate of drug-likeness (QED) is 0.368. The maximum atomic E-state index is 11.2. The van der Waals surface area contributed by atoms with E-state index in [0.29, 0.717) is 26.2 Å². The van der Waals surface area contributed by atoms with E-state index < -0.39 is 0 Å². The molecule has 0 saturated carbocycles. The van der Waals surface area contributed by atoms with Crippen LogP contribution in [-0.2, 0) is 16.1 Å². The molecule has 2 aromatic rings. The minimum Gasteiger partial charge on any atom is -0.494 e. The Balaban J connectivity index is 1.60. The molecule has 5 nitrogen and oxygen atoms in total. The van der Waals surface area contributed by atoms with Crippen molar-refractivity contribution in [1.82, 2.24) is 5.43 Å². The number of rotatable bonds is 11. The summed E-state index contributed by atoms with van der Waals surface area (Å²) in [5, 5.41) is 0. The average molecular weight is 342 g/mol. The third-order valence-electron chi connectivity index (χ3n) is 3.57. The Hall–Kier alpha value is -2.53. The third kappa shape index (κ3) is 7.72. The van der Waals surface area contributed by atoms with Gasteiger partial charge in [0.25, 0.3) is 0 Å². The van der Waals surface area contributed by atoms with Crippen LogP contribution < -0.4 is 15.6 Å². The second kappa shape index (κ2) is 11.1. The highest BCUT2D eigenvalue weighted by Gasteiger charge is 2.01. The lowest BCUT2D eigenvalue weighted by Gasteiger charge is -2.10. The summed E-state index contributed by atoms with van der Waals surface area (Å²) < 4.78 is 10.6. The number of hydrogen-bond donors (Lipinski definition) is 2. The molecule has 0 radical (unpaired) electrons. The van der Waals surface area contributed by atoms with Crippen LogP contribution in [0.15, 0.2) is 54.6 Å². The molecule has 25 heavy (non-hydrogen) atoms. The first kappa shape index (κ1) is 18.8. The molecule has 0 aliphatic rings. The van der Waals surface area contributed by atoms with Gasteiger partial charge in [0.15, 0.2) is 0 Å². The monoisotopic (exact) mass is 342 g/mol. The molecule has 0 amide bonds. The van der Waals surface area contributed by atoms with Crippen LogP contribution in [0.3, 0.4) is 0 Å². The summed E-state index contributed by atoms with van der Waals surface area (Å²) in [5.74, 6) is 0.708. The first-order chi connectivity index (χ1) is 12.3. The first-order valence-corrected chi connectivity index (χ1v) is 8.69. The molecular formula is C20H26N2O3. The molecule has 0 bridgehead atoms. The van der Waals surface area contributed by atoms with E-state index in [1.54, 1.807) is 0 Å². The molecule has 2 N–H and O–H groups in total. The van der Waals surface area contributed by atoms with E-state index in [4.69, 9.17) is 9.47 Å². The molecule has 0 unspecified atom stereocenters. The zero-order valence-electron chi connectivity index (χ0n) is 14.7. The van der Waals surface area contributed by atoms with Crippen molar-refractivity contribution in [3.63, 3.8) is 0 Å². The molecule has 0 fully saturated rings. The zero-order valence-corrected chi connectivity index (χ0v) is 14.7. The minimum atomic E-state index is -0.136. The van der Waals surface area contributed by atoms with Crippen molar-refractivity contribution in [3.05, 3.63) is 60.2 Å². The summed E-state index contributed by atoms with van der Waals surface area (Å²) in [6.07, 6.45) is 2.07. The fourth-order valence-electron chi connectivity index (χ4n) is 2.27. The highest BCUT2D eigenvalue weighted by atomic mass is 16.5. The predicted octanol–water partition coefficient (Wildman–Crippen LogP) is 3.92. The van der Waals surface area contributed by atoms with Crippen molar-refractivity contribution >= 4 is 11.7 Å². The van der Waals surface area contributed by atoms with Crippen LogP contribution in [0.4, 0.5) is 5.69 Å². The molecule has 0 aliphatic heterocycles. The molecule has 0 aromatic heterocycles. The van der Waals surface area contributed by atoms with E-state index >= 15 is 0 Å². The Morgan fingerprint density at radius 3 is 2.48 bits per heavy atom. The second-order valence-electron chi connectivity index (χ2n) is 5.60. The first-order valence-electron chi connectivity index (χ1n) is 8.69. The number of hydrogen-bond acceptors (Lipinski definition) is 5. The van der Waals surface area contributed by atoms with Crippen molar-refractivity contribution in [2.75, 3.05) is 18.6 Å². The van der Waals surface area contributed by atoms with Gasteiger partial charge in [-0.15, -0.1) is 0 Å². The van der Waals surface area contributed by atoms with Crippen LogP contribution in [0.2, 0.25) is 0 Å². The largest absolute Gasteiger partial charge is 0.494 e. The zero-order chi connectivity index (χ0) is 17.7. The maximum Gasteiger partial charge on any atom is 0.305 e. The van der Waals surface area contributed by atoms with Gasteiger partial charge in [0.1, 0.15) is 5.75 Å². The smallest absolute Gasteiger partial charge is 0.305 e. The number of esters is 1. The third-order valence-corrected chi connectivity index (χ3v) is 3.57.